The average Bonchev–Trinajstić information content (AvgIpc) is 2.64. The molecule has 0 unspecified atom stereocenters. The van der Waals surface area contributed by atoms with Gasteiger partial charge in [0.15, 0.2) is 5.75 Å². The maximum absolute atomic E-state index is 6.10. The molecule has 2 aromatic carbocycles. The Morgan fingerprint density at radius 2 is 1.70 bits per heavy atom. The number of benzene rings is 2. The Labute approximate surface area is 121 Å². The highest BCUT2D eigenvalue weighted by Gasteiger charge is 2.19. The van der Waals surface area contributed by atoms with Crippen LogP contribution in [-0.2, 0) is 6.54 Å². The van der Waals surface area contributed by atoms with Gasteiger partial charge in [-0.1, -0.05) is 50.1 Å². The molecular weight excluding hydrogens is 246 g/mol. The highest BCUT2D eigenvalue weighted by molar-refractivity contribution is 5.62. The van der Waals surface area contributed by atoms with Crippen LogP contribution in [0.5, 0.6) is 11.5 Å². The van der Waals surface area contributed by atoms with E-state index in [2.05, 4.69) is 48.2 Å². The first-order chi connectivity index (χ1) is 9.88. The van der Waals surface area contributed by atoms with Gasteiger partial charge in [0.25, 0.3) is 0 Å². The SMILES string of the molecule is CCCCCN1Cc2ccccc2Oc2ccccc21. The van der Waals surface area contributed by atoms with Gasteiger partial charge in [-0.2, -0.15) is 0 Å². The van der Waals surface area contributed by atoms with E-state index in [1.54, 1.807) is 0 Å². The lowest BCUT2D eigenvalue weighted by Gasteiger charge is -2.23. The minimum atomic E-state index is 0.927. The van der Waals surface area contributed by atoms with Crippen LogP contribution in [0.1, 0.15) is 31.7 Å². The third-order valence-electron chi connectivity index (χ3n) is 3.79. The van der Waals surface area contributed by atoms with Crippen molar-refractivity contribution in [3.05, 3.63) is 54.1 Å². The van der Waals surface area contributed by atoms with Crippen LogP contribution in [0.25, 0.3) is 0 Å². The molecule has 1 aliphatic heterocycles. The first-order valence-electron chi connectivity index (χ1n) is 7.48. The van der Waals surface area contributed by atoms with E-state index in [0.717, 1.165) is 24.6 Å². The van der Waals surface area contributed by atoms with Crippen molar-refractivity contribution >= 4 is 5.69 Å². The van der Waals surface area contributed by atoms with E-state index in [9.17, 15) is 0 Å². The summed E-state index contributed by atoms with van der Waals surface area (Å²) in [5.74, 6) is 1.95. The Balaban J connectivity index is 1.93. The molecule has 0 amide bonds. The van der Waals surface area contributed by atoms with Crippen LogP contribution in [0.3, 0.4) is 0 Å². The lowest BCUT2D eigenvalue weighted by Crippen LogP contribution is -2.23. The maximum atomic E-state index is 6.10. The molecule has 0 radical (unpaired) electrons. The summed E-state index contributed by atoms with van der Waals surface area (Å²) in [6, 6.07) is 16.7. The third-order valence-corrected chi connectivity index (χ3v) is 3.79. The normalized spacial score (nSPS) is 13.2. The molecule has 104 valence electrons. The lowest BCUT2D eigenvalue weighted by atomic mass is 10.1. The predicted molar refractivity (Wildman–Crippen MR) is 83.5 cm³/mol. The summed E-state index contributed by atoms with van der Waals surface area (Å²) >= 11 is 0. The van der Waals surface area contributed by atoms with Crippen LogP contribution < -0.4 is 9.64 Å². The average molecular weight is 267 g/mol. The van der Waals surface area contributed by atoms with Gasteiger partial charge in [-0.3, -0.25) is 0 Å². The summed E-state index contributed by atoms with van der Waals surface area (Å²) in [6.45, 7) is 4.26. The van der Waals surface area contributed by atoms with Gasteiger partial charge in [-0.15, -0.1) is 0 Å². The Morgan fingerprint density at radius 3 is 2.55 bits per heavy atom. The predicted octanol–water partition coefficient (Wildman–Crippen LogP) is 4.99. The molecule has 0 saturated heterocycles. The van der Waals surface area contributed by atoms with Crippen LogP contribution in [0, 0.1) is 0 Å². The van der Waals surface area contributed by atoms with Gasteiger partial charge >= 0.3 is 0 Å². The smallest absolute Gasteiger partial charge is 0.150 e. The van der Waals surface area contributed by atoms with Gasteiger partial charge in [0.2, 0.25) is 0 Å². The summed E-state index contributed by atoms with van der Waals surface area (Å²) in [4.78, 5) is 2.44. The number of fused-ring (bicyclic) bond motifs is 2. The summed E-state index contributed by atoms with van der Waals surface area (Å²) in [5.41, 5.74) is 2.47. The van der Waals surface area contributed by atoms with Crippen molar-refractivity contribution in [1.82, 2.24) is 0 Å². The molecule has 1 heterocycles. The number of nitrogens with zero attached hydrogens (tertiary/aromatic N) is 1. The number of ether oxygens (including phenoxy) is 1. The van der Waals surface area contributed by atoms with E-state index in [4.69, 9.17) is 4.74 Å². The molecule has 0 saturated carbocycles. The highest BCUT2D eigenvalue weighted by Crippen LogP contribution is 2.38. The first kappa shape index (κ1) is 13.0. The second-order valence-electron chi connectivity index (χ2n) is 5.31. The number of rotatable bonds is 4. The van der Waals surface area contributed by atoms with Crippen LogP contribution in [0.2, 0.25) is 0 Å². The number of anilines is 1. The minimum Gasteiger partial charge on any atom is -0.455 e. The molecule has 0 spiro atoms. The number of unbranched alkanes of at least 4 members (excludes halogenated alkanes) is 2. The van der Waals surface area contributed by atoms with Crippen molar-refractivity contribution in [2.45, 2.75) is 32.7 Å². The third kappa shape index (κ3) is 2.64. The van der Waals surface area contributed by atoms with Crippen LogP contribution in [0.15, 0.2) is 48.5 Å². The fourth-order valence-electron chi connectivity index (χ4n) is 2.70. The van der Waals surface area contributed by atoms with E-state index < -0.39 is 0 Å². The Bertz CT molecular complexity index is 579. The summed E-state index contributed by atoms with van der Waals surface area (Å²) in [7, 11) is 0. The number of hydrogen-bond acceptors (Lipinski definition) is 2. The van der Waals surface area contributed by atoms with Crippen molar-refractivity contribution in [3.8, 4) is 11.5 Å². The summed E-state index contributed by atoms with van der Waals surface area (Å²) in [6.07, 6.45) is 3.76. The zero-order chi connectivity index (χ0) is 13.8. The van der Waals surface area contributed by atoms with E-state index in [1.165, 1.54) is 30.5 Å². The van der Waals surface area contributed by atoms with Crippen molar-refractivity contribution < 1.29 is 4.74 Å². The Kier molecular flexibility index (Phi) is 3.91. The molecule has 0 atom stereocenters. The zero-order valence-electron chi connectivity index (χ0n) is 12.0. The molecule has 0 N–H and O–H groups in total. The largest absolute Gasteiger partial charge is 0.455 e. The van der Waals surface area contributed by atoms with Gasteiger partial charge < -0.3 is 9.64 Å². The van der Waals surface area contributed by atoms with Crippen molar-refractivity contribution in [3.63, 3.8) is 0 Å². The van der Waals surface area contributed by atoms with Gasteiger partial charge in [-0.05, 0) is 24.6 Å². The molecule has 20 heavy (non-hydrogen) atoms. The van der Waals surface area contributed by atoms with Crippen molar-refractivity contribution in [2.24, 2.45) is 0 Å². The van der Waals surface area contributed by atoms with Crippen LogP contribution in [-0.4, -0.2) is 6.54 Å². The van der Waals surface area contributed by atoms with Gasteiger partial charge in [-0.25, -0.2) is 0 Å². The fourth-order valence-corrected chi connectivity index (χ4v) is 2.70. The molecule has 0 bridgehead atoms. The molecule has 0 aliphatic carbocycles. The summed E-state index contributed by atoms with van der Waals surface area (Å²) < 4.78 is 6.10. The second kappa shape index (κ2) is 6.00. The zero-order valence-corrected chi connectivity index (χ0v) is 12.0. The molecule has 2 aromatic rings. The second-order valence-corrected chi connectivity index (χ2v) is 5.31. The topological polar surface area (TPSA) is 12.5 Å². The van der Waals surface area contributed by atoms with E-state index in [0.29, 0.717) is 0 Å². The number of hydrogen-bond donors (Lipinski definition) is 0. The van der Waals surface area contributed by atoms with Crippen molar-refractivity contribution in [1.29, 1.82) is 0 Å². The molecule has 3 rings (SSSR count). The lowest BCUT2D eigenvalue weighted by molar-refractivity contribution is 0.483. The molecule has 1 aliphatic rings. The monoisotopic (exact) mass is 267 g/mol. The molecule has 0 aromatic heterocycles. The van der Waals surface area contributed by atoms with Crippen LogP contribution >= 0.6 is 0 Å². The molecule has 2 nitrogen and oxygen atoms in total. The first-order valence-corrected chi connectivity index (χ1v) is 7.48. The van der Waals surface area contributed by atoms with E-state index in [1.807, 2.05) is 12.1 Å². The van der Waals surface area contributed by atoms with E-state index in [-0.39, 0.29) is 0 Å². The minimum absolute atomic E-state index is 0.927. The maximum Gasteiger partial charge on any atom is 0.150 e. The van der Waals surface area contributed by atoms with Gasteiger partial charge in [0.05, 0.1) is 5.69 Å². The molecule has 2 heteroatoms. The molecule has 0 fully saturated rings. The van der Waals surface area contributed by atoms with Crippen molar-refractivity contribution in [2.75, 3.05) is 11.4 Å². The Hall–Kier alpha value is -1.96. The molecular formula is C18H21NO. The number of para-hydroxylation sites is 3. The summed E-state index contributed by atoms with van der Waals surface area (Å²) in [5, 5.41) is 0. The fraction of sp³-hybridized carbons (Fsp3) is 0.333. The van der Waals surface area contributed by atoms with Crippen LogP contribution in [0.4, 0.5) is 5.69 Å². The quantitative estimate of drug-likeness (QED) is 0.724. The standard InChI is InChI=1S/C18H21NO/c1-2-3-8-13-19-14-15-9-4-6-11-17(15)20-18-12-7-5-10-16(18)19/h4-7,9-12H,2-3,8,13-14H2,1H3. The Morgan fingerprint density at radius 1 is 0.950 bits per heavy atom. The highest BCUT2D eigenvalue weighted by atomic mass is 16.5. The van der Waals surface area contributed by atoms with Gasteiger partial charge in [0, 0.05) is 18.7 Å². The van der Waals surface area contributed by atoms with Gasteiger partial charge in [0.1, 0.15) is 5.75 Å². The van der Waals surface area contributed by atoms with E-state index >= 15 is 0 Å².